The van der Waals surface area contributed by atoms with Crippen LogP contribution < -0.4 is 0 Å². The molecule has 0 N–H and O–H groups in total. The first-order valence-electron chi connectivity index (χ1n) is 16.0. The second-order valence-corrected chi connectivity index (χ2v) is 26.8. The Morgan fingerprint density at radius 2 is 0.636 bits per heavy atom. The molecular weight excluding hydrogens is 503 g/mol. The standard InChI is InChI=1S/4C8H17.Sn/c2*1-4-5-6-7-8(2)3;2*1-3-5-7-8-6-4-2;/h2*8H,1,4-7H2,2-3H3;2*1,3-8H2,2H3;. The van der Waals surface area contributed by atoms with E-state index in [2.05, 4.69) is 41.5 Å². The summed E-state index contributed by atoms with van der Waals surface area (Å²) in [6.45, 7) is 14.3. The van der Waals surface area contributed by atoms with E-state index in [9.17, 15) is 0 Å². The van der Waals surface area contributed by atoms with Crippen molar-refractivity contribution in [3.63, 3.8) is 0 Å². The predicted molar refractivity (Wildman–Crippen MR) is 158 cm³/mol. The first-order chi connectivity index (χ1) is 16.0. The molecule has 0 aromatic heterocycles. The molecule has 0 aliphatic rings. The summed E-state index contributed by atoms with van der Waals surface area (Å²) in [6.07, 6.45) is 30.0. The molecule has 0 bridgehead atoms. The van der Waals surface area contributed by atoms with Gasteiger partial charge in [0.2, 0.25) is 0 Å². The third-order valence-electron chi connectivity index (χ3n) is 8.10. The van der Waals surface area contributed by atoms with Gasteiger partial charge in [-0.3, -0.25) is 0 Å². The summed E-state index contributed by atoms with van der Waals surface area (Å²) in [7, 11) is 0. The van der Waals surface area contributed by atoms with Gasteiger partial charge in [0.15, 0.2) is 0 Å². The zero-order valence-corrected chi connectivity index (χ0v) is 27.5. The SMILES string of the molecule is CCCCCCC[CH2][Sn]([CH2]CCCCCCC)([CH2]CCCCC(C)C)[CH2]CCCCC(C)C. The van der Waals surface area contributed by atoms with E-state index < -0.39 is 18.4 Å². The Labute approximate surface area is 217 Å². The van der Waals surface area contributed by atoms with E-state index >= 15 is 0 Å². The number of unbranched alkanes of at least 4 members (excludes halogenated alkanes) is 14. The van der Waals surface area contributed by atoms with Crippen molar-refractivity contribution < 1.29 is 0 Å². The monoisotopic (exact) mass is 572 g/mol. The van der Waals surface area contributed by atoms with Crippen LogP contribution in [0.1, 0.15) is 170 Å². The van der Waals surface area contributed by atoms with Crippen LogP contribution in [0.5, 0.6) is 0 Å². The molecule has 0 rings (SSSR count). The molecule has 0 aromatic carbocycles. The van der Waals surface area contributed by atoms with Crippen LogP contribution in [0, 0.1) is 11.8 Å². The first-order valence-corrected chi connectivity index (χ1v) is 24.0. The van der Waals surface area contributed by atoms with Gasteiger partial charge in [-0.15, -0.1) is 0 Å². The van der Waals surface area contributed by atoms with Crippen molar-refractivity contribution in [3.8, 4) is 0 Å². The fourth-order valence-corrected chi connectivity index (χ4v) is 21.5. The fraction of sp³-hybridized carbons (Fsp3) is 1.00. The Hall–Kier alpha value is 0.799. The summed E-state index contributed by atoms with van der Waals surface area (Å²) >= 11 is -1.99. The second kappa shape index (κ2) is 24.5. The normalized spacial score (nSPS) is 12.4. The maximum absolute atomic E-state index is 2.40. The molecule has 0 unspecified atom stereocenters. The molecule has 0 amide bonds. The molecule has 200 valence electrons. The maximum atomic E-state index is 2.40. The summed E-state index contributed by atoms with van der Waals surface area (Å²) in [5.74, 6) is 1.79. The summed E-state index contributed by atoms with van der Waals surface area (Å²) in [6, 6.07) is 0. The topological polar surface area (TPSA) is 0 Å². The molecule has 0 spiro atoms. The number of hydrogen-bond acceptors (Lipinski definition) is 0. The Kier molecular flexibility index (Phi) is 25.1. The Bertz CT molecular complexity index is 337. The van der Waals surface area contributed by atoms with E-state index in [1.54, 1.807) is 43.4 Å². The molecule has 0 aliphatic heterocycles. The van der Waals surface area contributed by atoms with Gasteiger partial charge in [0.1, 0.15) is 0 Å². The van der Waals surface area contributed by atoms with Crippen molar-refractivity contribution >= 4 is 18.4 Å². The number of hydrogen-bond donors (Lipinski definition) is 0. The van der Waals surface area contributed by atoms with Gasteiger partial charge in [0.05, 0.1) is 0 Å². The second-order valence-electron chi connectivity index (χ2n) is 12.5. The van der Waals surface area contributed by atoms with E-state index in [-0.39, 0.29) is 0 Å². The van der Waals surface area contributed by atoms with E-state index in [4.69, 9.17) is 0 Å². The molecule has 0 nitrogen and oxygen atoms in total. The summed E-state index contributed by atoms with van der Waals surface area (Å²) in [5, 5.41) is 0. The van der Waals surface area contributed by atoms with Crippen LogP contribution >= 0.6 is 0 Å². The van der Waals surface area contributed by atoms with Crippen LogP contribution in [-0.4, -0.2) is 18.4 Å². The van der Waals surface area contributed by atoms with E-state index in [0.29, 0.717) is 0 Å². The van der Waals surface area contributed by atoms with Gasteiger partial charge in [0.25, 0.3) is 0 Å². The first kappa shape index (κ1) is 33.8. The average molecular weight is 572 g/mol. The van der Waals surface area contributed by atoms with Crippen LogP contribution in [-0.2, 0) is 0 Å². The molecule has 0 radical (unpaired) electrons. The van der Waals surface area contributed by atoms with Crippen LogP contribution in [0.25, 0.3) is 0 Å². The minimum atomic E-state index is -1.99. The van der Waals surface area contributed by atoms with Gasteiger partial charge in [-0.2, -0.15) is 0 Å². The minimum absolute atomic E-state index is 0.894. The molecular formula is C32H68Sn. The van der Waals surface area contributed by atoms with E-state index in [0.717, 1.165) is 11.8 Å². The Morgan fingerprint density at radius 1 is 0.364 bits per heavy atom. The number of rotatable bonds is 26. The quantitative estimate of drug-likeness (QED) is 0.0716. The van der Waals surface area contributed by atoms with Gasteiger partial charge >= 0.3 is 218 Å². The van der Waals surface area contributed by atoms with Crippen LogP contribution in [0.15, 0.2) is 0 Å². The van der Waals surface area contributed by atoms with Gasteiger partial charge in [-0.25, -0.2) is 0 Å². The van der Waals surface area contributed by atoms with Crippen molar-refractivity contribution in [2.45, 2.75) is 188 Å². The van der Waals surface area contributed by atoms with Crippen LogP contribution in [0.4, 0.5) is 0 Å². The van der Waals surface area contributed by atoms with Gasteiger partial charge < -0.3 is 0 Å². The van der Waals surface area contributed by atoms with Gasteiger partial charge in [0, 0.05) is 0 Å². The van der Waals surface area contributed by atoms with Crippen molar-refractivity contribution in [1.82, 2.24) is 0 Å². The summed E-state index contributed by atoms with van der Waals surface area (Å²) in [4.78, 5) is 0. The molecule has 0 aromatic rings. The molecule has 0 aliphatic carbocycles. The zero-order valence-electron chi connectivity index (χ0n) is 24.6. The van der Waals surface area contributed by atoms with Crippen molar-refractivity contribution in [3.05, 3.63) is 0 Å². The van der Waals surface area contributed by atoms with E-state index in [1.165, 1.54) is 103 Å². The zero-order chi connectivity index (χ0) is 24.6. The van der Waals surface area contributed by atoms with Crippen LogP contribution in [0.3, 0.4) is 0 Å². The van der Waals surface area contributed by atoms with Crippen molar-refractivity contribution in [2.75, 3.05) is 0 Å². The summed E-state index contributed by atoms with van der Waals surface area (Å²) in [5.41, 5.74) is 0. The van der Waals surface area contributed by atoms with Gasteiger partial charge in [-0.05, 0) is 0 Å². The van der Waals surface area contributed by atoms with Gasteiger partial charge in [-0.1, -0.05) is 0 Å². The molecule has 0 fully saturated rings. The Balaban J connectivity index is 4.81. The Morgan fingerprint density at radius 3 is 0.939 bits per heavy atom. The molecule has 33 heavy (non-hydrogen) atoms. The third-order valence-corrected chi connectivity index (χ3v) is 24.2. The fourth-order valence-electron chi connectivity index (χ4n) is 5.77. The van der Waals surface area contributed by atoms with Crippen molar-refractivity contribution in [2.24, 2.45) is 11.8 Å². The third kappa shape index (κ3) is 23.0. The van der Waals surface area contributed by atoms with Crippen molar-refractivity contribution in [1.29, 1.82) is 0 Å². The summed E-state index contributed by atoms with van der Waals surface area (Å²) < 4.78 is 6.95. The van der Waals surface area contributed by atoms with Crippen LogP contribution in [0.2, 0.25) is 17.7 Å². The van der Waals surface area contributed by atoms with E-state index in [1.807, 2.05) is 0 Å². The molecule has 0 atom stereocenters. The average Bonchev–Trinajstić information content (AvgIpc) is 2.77. The molecule has 0 heterocycles. The molecule has 0 saturated heterocycles. The predicted octanol–water partition coefficient (Wildman–Crippen LogP) is 12.6. The molecule has 0 saturated carbocycles. The molecule has 1 heteroatoms.